The lowest BCUT2D eigenvalue weighted by Gasteiger charge is -2.27. The number of carbonyl (C=O) groups excluding carboxylic acids is 3. The fourth-order valence-corrected chi connectivity index (χ4v) is 5.70. The molecule has 3 fully saturated rings. The van der Waals surface area contributed by atoms with E-state index in [1.54, 1.807) is 49.6 Å². The molecule has 154 valence electrons. The quantitative estimate of drug-likeness (QED) is 0.508. The van der Waals surface area contributed by atoms with E-state index in [0.29, 0.717) is 17.0 Å². The summed E-state index contributed by atoms with van der Waals surface area (Å²) >= 11 is 3.41. The van der Waals surface area contributed by atoms with E-state index in [1.165, 1.54) is 4.90 Å². The van der Waals surface area contributed by atoms with Crippen LogP contribution in [0.3, 0.4) is 0 Å². The lowest BCUT2D eigenvalue weighted by Crippen LogP contribution is -2.46. The van der Waals surface area contributed by atoms with Crippen molar-refractivity contribution in [1.29, 1.82) is 0 Å². The van der Waals surface area contributed by atoms with Gasteiger partial charge in [-0.1, -0.05) is 22.0 Å². The van der Waals surface area contributed by atoms with Gasteiger partial charge in [0.1, 0.15) is 5.75 Å². The summed E-state index contributed by atoms with van der Waals surface area (Å²) in [5, 5.41) is 0. The number of fused-ring (bicyclic) bond motifs is 3. The zero-order valence-electron chi connectivity index (χ0n) is 16.5. The number of hydrogen-bond acceptors (Lipinski definition) is 5. The fraction of sp³-hybridized carbons (Fsp3) is 0.348. The number of methoxy groups -OCH3 is 1. The van der Waals surface area contributed by atoms with E-state index in [0.717, 1.165) is 23.9 Å². The Bertz CT molecular complexity index is 1040. The summed E-state index contributed by atoms with van der Waals surface area (Å²) in [6.07, 6.45) is 1.76. The Kier molecular flexibility index (Phi) is 4.75. The van der Waals surface area contributed by atoms with Crippen LogP contribution >= 0.6 is 15.9 Å². The predicted molar refractivity (Wildman–Crippen MR) is 114 cm³/mol. The van der Waals surface area contributed by atoms with Gasteiger partial charge in [0.05, 0.1) is 30.7 Å². The summed E-state index contributed by atoms with van der Waals surface area (Å²) in [5.41, 5.74) is 1.09. The van der Waals surface area contributed by atoms with Crippen LogP contribution in [0.1, 0.15) is 23.2 Å². The molecule has 0 spiro atoms. The van der Waals surface area contributed by atoms with Crippen molar-refractivity contribution in [2.75, 3.05) is 18.6 Å². The summed E-state index contributed by atoms with van der Waals surface area (Å²) in [6.45, 7) is 0.738. The summed E-state index contributed by atoms with van der Waals surface area (Å²) in [6, 6.07) is 13.5. The van der Waals surface area contributed by atoms with E-state index in [2.05, 4.69) is 20.8 Å². The molecule has 2 amide bonds. The number of imide groups is 1. The molecule has 0 saturated carbocycles. The topological polar surface area (TPSA) is 66.9 Å². The molecule has 0 bridgehead atoms. The van der Waals surface area contributed by atoms with Gasteiger partial charge in [0.15, 0.2) is 5.78 Å². The number of rotatable bonds is 4. The molecule has 3 heterocycles. The maximum atomic E-state index is 13.5. The Balaban J connectivity index is 1.53. The van der Waals surface area contributed by atoms with Crippen LogP contribution in [0.5, 0.6) is 5.75 Å². The fourth-order valence-electron chi connectivity index (χ4n) is 5.31. The van der Waals surface area contributed by atoms with E-state index in [-0.39, 0.29) is 23.6 Å². The van der Waals surface area contributed by atoms with Gasteiger partial charge in [-0.05, 0) is 61.9 Å². The maximum absolute atomic E-state index is 13.5. The summed E-state index contributed by atoms with van der Waals surface area (Å²) < 4.78 is 5.98. The number of Topliss-reactive ketones (excluding diaryl/α,β-unsaturated/α-hetero) is 1. The van der Waals surface area contributed by atoms with Crippen LogP contribution in [0.25, 0.3) is 0 Å². The highest BCUT2D eigenvalue weighted by Gasteiger charge is 2.64. The summed E-state index contributed by atoms with van der Waals surface area (Å²) in [4.78, 5) is 43.7. The van der Waals surface area contributed by atoms with Gasteiger partial charge < -0.3 is 4.74 Å². The monoisotopic (exact) mass is 468 g/mol. The molecule has 30 heavy (non-hydrogen) atoms. The van der Waals surface area contributed by atoms with Gasteiger partial charge >= 0.3 is 0 Å². The normalized spacial score (nSPS) is 28.0. The van der Waals surface area contributed by atoms with Crippen molar-refractivity contribution < 1.29 is 19.1 Å². The maximum Gasteiger partial charge on any atom is 0.239 e. The van der Waals surface area contributed by atoms with Crippen LogP contribution in [0.4, 0.5) is 5.69 Å². The van der Waals surface area contributed by atoms with Crippen LogP contribution in [-0.4, -0.2) is 48.2 Å². The molecule has 4 atom stereocenters. The van der Waals surface area contributed by atoms with Gasteiger partial charge in [-0.15, -0.1) is 0 Å². The van der Waals surface area contributed by atoms with Crippen molar-refractivity contribution in [2.45, 2.75) is 24.9 Å². The smallest absolute Gasteiger partial charge is 0.239 e. The summed E-state index contributed by atoms with van der Waals surface area (Å²) in [5.74, 6) is -1.01. The summed E-state index contributed by atoms with van der Waals surface area (Å²) in [7, 11) is 1.58. The standard InChI is InChI=1S/C23H21BrN2O4/c1-30-16-9-7-13(8-10-16)21(27)20-19-18(17-6-3-11-25(17)20)22(28)26(23(19)29)15-5-2-4-14(24)12-15/h2,4-5,7-10,12,17-20H,3,6,11H2,1H3/t17?,18-,19-,20?/m0/s1. The van der Waals surface area contributed by atoms with Crippen molar-refractivity contribution in [1.82, 2.24) is 4.90 Å². The number of ether oxygens (including phenoxy) is 1. The first-order chi connectivity index (χ1) is 14.5. The average molecular weight is 469 g/mol. The van der Waals surface area contributed by atoms with E-state index in [9.17, 15) is 14.4 Å². The highest BCUT2D eigenvalue weighted by atomic mass is 79.9. The zero-order valence-corrected chi connectivity index (χ0v) is 18.0. The van der Waals surface area contributed by atoms with Crippen LogP contribution in [-0.2, 0) is 9.59 Å². The minimum Gasteiger partial charge on any atom is -0.497 e. The Morgan fingerprint density at radius 1 is 1.07 bits per heavy atom. The van der Waals surface area contributed by atoms with Gasteiger partial charge in [-0.2, -0.15) is 0 Å². The molecule has 0 N–H and O–H groups in total. The number of amides is 2. The number of halogens is 1. The lowest BCUT2D eigenvalue weighted by molar-refractivity contribution is -0.123. The molecule has 5 rings (SSSR count). The van der Waals surface area contributed by atoms with E-state index in [1.807, 2.05) is 6.07 Å². The van der Waals surface area contributed by atoms with Crippen LogP contribution in [0.2, 0.25) is 0 Å². The minimum absolute atomic E-state index is 0.0594. The number of benzene rings is 2. The van der Waals surface area contributed by atoms with Crippen molar-refractivity contribution >= 4 is 39.2 Å². The number of anilines is 1. The Hall–Kier alpha value is -2.51. The molecule has 6 nitrogen and oxygen atoms in total. The molecule has 2 aromatic rings. The third-order valence-electron chi connectivity index (χ3n) is 6.56. The molecule has 0 aromatic heterocycles. The highest BCUT2D eigenvalue weighted by Crippen LogP contribution is 2.48. The minimum atomic E-state index is -0.642. The third-order valence-corrected chi connectivity index (χ3v) is 7.05. The Morgan fingerprint density at radius 2 is 1.80 bits per heavy atom. The van der Waals surface area contributed by atoms with Gasteiger partial charge in [-0.25, -0.2) is 4.90 Å². The van der Waals surface area contributed by atoms with Gasteiger partial charge in [-0.3, -0.25) is 19.3 Å². The predicted octanol–water partition coefficient (Wildman–Crippen LogP) is 3.29. The molecular formula is C23H21BrN2O4. The third kappa shape index (κ3) is 2.83. The second-order valence-corrected chi connectivity index (χ2v) is 8.94. The highest BCUT2D eigenvalue weighted by molar-refractivity contribution is 9.10. The van der Waals surface area contributed by atoms with E-state index >= 15 is 0 Å². The molecule has 3 aliphatic rings. The van der Waals surface area contributed by atoms with Crippen LogP contribution in [0, 0.1) is 11.8 Å². The molecule has 2 unspecified atom stereocenters. The van der Waals surface area contributed by atoms with Crippen molar-refractivity contribution in [2.24, 2.45) is 11.8 Å². The van der Waals surface area contributed by atoms with Gasteiger partial charge in [0.25, 0.3) is 0 Å². The average Bonchev–Trinajstić information content (AvgIpc) is 3.39. The lowest BCUT2D eigenvalue weighted by atomic mass is 9.85. The number of hydrogen-bond donors (Lipinski definition) is 0. The molecule has 0 radical (unpaired) electrons. The van der Waals surface area contributed by atoms with Crippen molar-refractivity contribution in [3.05, 3.63) is 58.6 Å². The molecule has 3 saturated heterocycles. The SMILES string of the molecule is COc1ccc(C(=O)C2[C@H]3C(=O)N(c4cccc(Br)c4)C(=O)[C@H]3C3CCCN23)cc1. The molecular weight excluding hydrogens is 448 g/mol. The van der Waals surface area contributed by atoms with Gasteiger partial charge in [0, 0.05) is 16.1 Å². The zero-order chi connectivity index (χ0) is 21.0. The molecule has 2 aromatic carbocycles. The second-order valence-electron chi connectivity index (χ2n) is 8.03. The number of nitrogens with zero attached hydrogens (tertiary/aromatic N) is 2. The first-order valence-corrected chi connectivity index (χ1v) is 10.9. The van der Waals surface area contributed by atoms with E-state index < -0.39 is 17.9 Å². The largest absolute Gasteiger partial charge is 0.497 e. The van der Waals surface area contributed by atoms with Crippen LogP contribution in [0.15, 0.2) is 53.0 Å². The van der Waals surface area contributed by atoms with Crippen molar-refractivity contribution in [3.8, 4) is 5.75 Å². The van der Waals surface area contributed by atoms with Crippen molar-refractivity contribution in [3.63, 3.8) is 0 Å². The first kappa shape index (κ1) is 19.5. The Morgan fingerprint density at radius 3 is 2.50 bits per heavy atom. The molecule has 7 heteroatoms. The second kappa shape index (κ2) is 7.32. The van der Waals surface area contributed by atoms with Gasteiger partial charge in [0.2, 0.25) is 11.8 Å². The Labute approximate surface area is 182 Å². The molecule has 3 aliphatic heterocycles. The van der Waals surface area contributed by atoms with Crippen LogP contribution < -0.4 is 9.64 Å². The van der Waals surface area contributed by atoms with E-state index in [4.69, 9.17) is 4.74 Å². The number of ketones is 1. The number of carbonyl (C=O) groups is 3. The first-order valence-electron chi connectivity index (χ1n) is 10.1. The molecule has 0 aliphatic carbocycles.